The molecule has 2 N–H and O–H groups in total. The summed E-state index contributed by atoms with van der Waals surface area (Å²) in [6.07, 6.45) is -1.69. The Morgan fingerprint density at radius 3 is 2.42 bits per heavy atom. The predicted octanol–water partition coefficient (Wildman–Crippen LogP) is 2.91. The van der Waals surface area contributed by atoms with Gasteiger partial charge in [-0.05, 0) is 0 Å². The average Bonchev–Trinajstić information content (AvgIpc) is 1.97. The van der Waals surface area contributed by atoms with Gasteiger partial charge in [-0.2, -0.15) is 0 Å². The molecule has 1 heterocycles. The average molecular weight is 213 g/mol. The zero-order valence-electron chi connectivity index (χ0n) is 5.69. The van der Waals surface area contributed by atoms with Gasteiger partial charge in [0.1, 0.15) is 5.82 Å². The van der Waals surface area contributed by atoms with E-state index < -0.39 is 12.0 Å². The molecule has 2 nitrogen and oxygen atoms in total. The fourth-order valence-corrected chi connectivity index (χ4v) is 1.20. The highest BCUT2D eigenvalue weighted by Crippen LogP contribution is 2.35. The maximum Gasteiger partial charge on any atom is 0.266 e. The van der Waals surface area contributed by atoms with E-state index in [1.165, 1.54) is 0 Å². The maximum absolute atomic E-state index is 12.2. The van der Waals surface area contributed by atoms with Crippen molar-refractivity contribution in [1.29, 1.82) is 0 Å². The molecule has 1 rings (SSSR count). The van der Waals surface area contributed by atoms with Gasteiger partial charge in [-0.1, -0.05) is 23.2 Å². The normalized spacial score (nSPS) is 10.8. The van der Waals surface area contributed by atoms with Gasteiger partial charge < -0.3 is 5.73 Å². The summed E-state index contributed by atoms with van der Waals surface area (Å²) in [6, 6.07) is 0. The zero-order valence-corrected chi connectivity index (χ0v) is 7.20. The Hall–Kier alpha value is -0.610. The van der Waals surface area contributed by atoms with Gasteiger partial charge in [0.2, 0.25) is 0 Å². The number of nitrogens with two attached hydrogens (primary N) is 1. The second kappa shape index (κ2) is 3.41. The number of halogens is 4. The summed E-state index contributed by atoms with van der Waals surface area (Å²) in [7, 11) is 0. The smallest absolute Gasteiger partial charge is 0.266 e. The quantitative estimate of drug-likeness (QED) is 0.778. The van der Waals surface area contributed by atoms with Crippen molar-refractivity contribution in [3.05, 3.63) is 21.8 Å². The largest absolute Gasteiger partial charge is 0.382 e. The van der Waals surface area contributed by atoms with Crippen LogP contribution in [0.1, 0.15) is 12.0 Å². The summed E-state index contributed by atoms with van der Waals surface area (Å²) in [5, 5.41) is -0.457. The molecule has 0 aliphatic heterocycles. The molecule has 0 spiro atoms. The van der Waals surface area contributed by atoms with Crippen LogP contribution in [0.5, 0.6) is 0 Å². The van der Waals surface area contributed by atoms with E-state index >= 15 is 0 Å². The van der Waals surface area contributed by atoms with Crippen LogP contribution in [0, 0.1) is 0 Å². The summed E-state index contributed by atoms with van der Waals surface area (Å²) in [4.78, 5) is 3.50. The number of alkyl halides is 2. The third-order valence-corrected chi connectivity index (χ3v) is 1.95. The lowest BCUT2D eigenvalue weighted by molar-refractivity contribution is 0.151. The lowest BCUT2D eigenvalue weighted by Gasteiger charge is -2.06. The van der Waals surface area contributed by atoms with E-state index in [0.717, 1.165) is 6.20 Å². The van der Waals surface area contributed by atoms with Crippen LogP contribution in [0.15, 0.2) is 6.20 Å². The topological polar surface area (TPSA) is 38.9 Å². The van der Waals surface area contributed by atoms with Crippen LogP contribution >= 0.6 is 23.2 Å². The zero-order chi connectivity index (χ0) is 9.30. The van der Waals surface area contributed by atoms with E-state index in [-0.39, 0.29) is 15.9 Å². The molecule has 0 radical (unpaired) electrons. The number of rotatable bonds is 1. The highest BCUT2D eigenvalue weighted by Gasteiger charge is 2.18. The number of nitrogen functional groups attached to an aromatic ring is 1. The van der Waals surface area contributed by atoms with E-state index in [4.69, 9.17) is 28.9 Å². The molecule has 0 aliphatic rings. The Morgan fingerprint density at radius 2 is 2.00 bits per heavy atom. The van der Waals surface area contributed by atoms with Crippen molar-refractivity contribution in [2.75, 3.05) is 5.73 Å². The minimum Gasteiger partial charge on any atom is -0.382 e. The van der Waals surface area contributed by atoms with Gasteiger partial charge in [0.15, 0.2) is 0 Å². The van der Waals surface area contributed by atoms with Crippen molar-refractivity contribution in [2.45, 2.75) is 6.43 Å². The first-order valence-corrected chi connectivity index (χ1v) is 3.67. The molecule has 66 valence electrons. The lowest BCUT2D eigenvalue weighted by atomic mass is 10.2. The van der Waals surface area contributed by atoms with Crippen LogP contribution in [0.3, 0.4) is 0 Å². The van der Waals surface area contributed by atoms with Crippen molar-refractivity contribution >= 4 is 29.0 Å². The number of anilines is 1. The summed E-state index contributed by atoms with van der Waals surface area (Å²) < 4.78 is 24.4. The monoisotopic (exact) mass is 212 g/mol. The number of hydrogen-bond acceptors (Lipinski definition) is 2. The Balaban J connectivity index is 3.33. The van der Waals surface area contributed by atoms with E-state index in [9.17, 15) is 8.78 Å². The SMILES string of the molecule is Nc1ncc(Cl)c(C(F)F)c1Cl. The van der Waals surface area contributed by atoms with Gasteiger partial charge in [-0.25, -0.2) is 13.8 Å². The minimum absolute atomic E-state index is 0.142. The van der Waals surface area contributed by atoms with Gasteiger partial charge in [0, 0.05) is 6.20 Å². The minimum atomic E-state index is -2.74. The first-order chi connectivity index (χ1) is 5.54. The van der Waals surface area contributed by atoms with Crippen molar-refractivity contribution in [3.8, 4) is 0 Å². The molecule has 1 aromatic rings. The first kappa shape index (κ1) is 9.48. The van der Waals surface area contributed by atoms with Gasteiger partial charge in [-0.3, -0.25) is 0 Å². The predicted molar refractivity (Wildman–Crippen MR) is 43.6 cm³/mol. The summed E-state index contributed by atoms with van der Waals surface area (Å²) in [5.74, 6) is -0.142. The lowest BCUT2D eigenvalue weighted by Crippen LogP contribution is -1.96. The molecular weight excluding hydrogens is 209 g/mol. The van der Waals surface area contributed by atoms with E-state index in [1.807, 2.05) is 0 Å². The molecule has 1 aromatic heterocycles. The second-order valence-corrected chi connectivity index (χ2v) is 2.80. The van der Waals surface area contributed by atoms with Crippen molar-refractivity contribution in [1.82, 2.24) is 4.98 Å². The Kier molecular flexibility index (Phi) is 2.69. The third-order valence-electron chi connectivity index (χ3n) is 1.25. The highest BCUT2D eigenvalue weighted by molar-refractivity contribution is 6.37. The Labute approximate surface area is 77.3 Å². The first-order valence-electron chi connectivity index (χ1n) is 2.91. The number of aromatic nitrogens is 1. The molecule has 6 heteroatoms. The van der Waals surface area contributed by atoms with Crippen molar-refractivity contribution in [2.24, 2.45) is 0 Å². The number of pyridine rings is 1. The molecule has 12 heavy (non-hydrogen) atoms. The van der Waals surface area contributed by atoms with Gasteiger partial charge in [0.05, 0.1) is 15.6 Å². The Bertz CT molecular complexity index is 304. The van der Waals surface area contributed by atoms with Crippen LogP contribution in [0.2, 0.25) is 10.0 Å². The standard InChI is InChI=1S/C6H4Cl2F2N2/c7-2-1-12-6(11)4(8)3(2)5(9)10/h1,5H,(H2,11,12). The second-order valence-electron chi connectivity index (χ2n) is 2.02. The molecule has 0 saturated carbocycles. The number of nitrogens with zero attached hydrogens (tertiary/aromatic N) is 1. The van der Waals surface area contributed by atoms with Crippen LogP contribution in [0.25, 0.3) is 0 Å². The van der Waals surface area contributed by atoms with E-state index in [2.05, 4.69) is 4.98 Å². The molecule has 0 bridgehead atoms. The molecule has 0 unspecified atom stereocenters. The Morgan fingerprint density at radius 1 is 1.42 bits per heavy atom. The van der Waals surface area contributed by atoms with Crippen molar-refractivity contribution in [3.63, 3.8) is 0 Å². The van der Waals surface area contributed by atoms with Gasteiger partial charge >= 0.3 is 0 Å². The summed E-state index contributed by atoms with van der Waals surface area (Å²) >= 11 is 10.9. The summed E-state index contributed by atoms with van der Waals surface area (Å²) in [6.45, 7) is 0. The number of hydrogen-bond donors (Lipinski definition) is 1. The van der Waals surface area contributed by atoms with Gasteiger partial charge in [0.25, 0.3) is 6.43 Å². The van der Waals surface area contributed by atoms with E-state index in [1.54, 1.807) is 0 Å². The molecule has 0 aromatic carbocycles. The molecular formula is C6H4Cl2F2N2. The van der Waals surface area contributed by atoms with Crippen molar-refractivity contribution < 1.29 is 8.78 Å². The van der Waals surface area contributed by atoms with Crippen LogP contribution in [-0.4, -0.2) is 4.98 Å². The van der Waals surface area contributed by atoms with Crippen LogP contribution in [-0.2, 0) is 0 Å². The molecule has 0 atom stereocenters. The van der Waals surface area contributed by atoms with Gasteiger partial charge in [-0.15, -0.1) is 0 Å². The highest BCUT2D eigenvalue weighted by atomic mass is 35.5. The molecule has 0 saturated heterocycles. The van der Waals surface area contributed by atoms with E-state index in [0.29, 0.717) is 0 Å². The van der Waals surface area contributed by atoms with Crippen LogP contribution < -0.4 is 5.73 Å². The molecule has 0 fully saturated rings. The fourth-order valence-electron chi connectivity index (χ4n) is 0.695. The third kappa shape index (κ3) is 1.59. The molecule has 0 amide bonds. The van der Waals surface area contributed by atoms with Crippen LogP contribution in [0.4, 0.5) is 14.6 Å². The fraction of sp³-hybridized carbons (Fsp3) is 0.167. The summed E-state index contributed by atoms with van der Waals surface area (Å²) in [5.41, 5.74) is 4.73. The maximum atomic E-state index is 12.2. The molecule has 0 aliphatic carbocycles.